The SMILES string of the molecule is COc1cc(-c2cc(C(C)C)ccc2-n2cc(C(F)(F)F)nn2)ncn1. The van der Waals surface area contributed by atoms with E-state index >= 15 is 0 Å². The van der Waals surface area contributed by atoms with Crippen LogP contribution in [0.4, 0.5) is 13.2 Å². The lowest BCUT2D eigenvalue weighted by atomic mass is 9.98. The fourth-order valence-corrected chi connectivity index (χ4v) is 2.43. The molecule has 0 aliphatic carbocycles. The minimum atomic E-state index is -4.56. The summed E-state index contributed by atoms with van der Waals surface area (Å²) < 4.78 is 44.8. The van der Waals surface area contributed by atoms with E-state index in [1.165, 1.54) is 13.4 Å². The second-order valence-corrected chi connectivity index (χ2v) is 5.92. The predicted molar refractivity (Wildman–Crippen MR) is 88.0 cm³/mol. The van der Waals surface area contributed by atoms with Crippen LogP contribution in [0.25, 0.3) is 16.9 Å². The smallest absolute Gasteiger partial charge is 0.436 e. The van der Waals surface area contributed by atoms with E-state index < -0.39 is 11.9 Å². The highest BCUT2D eigenvalue weighted by Gasteiger charge is 2.34. The maximum absolute atomic E-state index is 12.9. The van der Waals surface area contributed by atoms with Crippen molar-refractivity contribution >= 4 is 0 Å². The first-order valence-corrected chi connectivity index (χ1v) is 7.80. The first kappa shape index (κ1) is 17.8. The number of halogens is 3. The van der Waals surface area contributed by atoms with Crippen LogP contribution < -0.4 is 4.74 Å². The molecule has 0 aliphatic rings. The Balaban J connectivity index is 2.17. The van der Waals surface area contributed by atoms with Gasteiger partial charge in [0.25, 0.3) is 0 Å². The van der Waals surface area contributed by atoms with Crippen LogP contribution in [-0.4, -0.2) is 32.1 Å². The Morgan fingerprint density at radius 1 is 1.12 bits per heavy atom. The van der Waals surface area contributed by atoms with Crippen LogP contribution in [0.15, 0.2) is 36.8 Å². The summed E-state index contributed by atoms with van der Waals surface area (Å²) in [4.78, 5) is 8.19. The van der Waals surface area contributed by atoms with Crippen LogP contribution in [0.3, 0.4) is 0 Å². The molecule has 0 spiro atoms. The van der Waals surface area contributed by atoms with Crippen molar-refractivity contribution in [2.45, 2.75) is 25.9 Å². The molecule has 3 aromatic rings. The molecule has 0 fully saturated rings. The third-order valence-corrected chi connectivity index (χ3v) is 3.85. The largest absolute Gasteiger partial charge is 0.481 e. The van der Waals surface area contributed by atoms with E-state index in [1.807, 2.05) is 26.0 Å². The van der Waals surface area contributed by atoms with Crippen LogP contribution in [0.2, 0.25) is 0 Å². The van der Waals surface area contributed by atoms with Gasteiger partial charge in [0.1, 0.15) is 6.33 Å². The fraction of sp³-hybridized carbons (Fsp3) is 0.294. The molecule has 0 unspecified atom stereocenters. The number of alkyl halides is 3. The Hall–Kier alpha value is -2.97. The van der Waals surface area contributed by atoms with Crippen LogP contribution >= 0.6 is 0 Å². The zero-order valence-corrected chi connectivity index (χ0v) is 14.3. The van der Waals surface area contributed by atoms with E-state index in [4.69, 9.17) is 4.74 Å². The molecule has 26 heavy (non-hydrogen) atoms. The van der Waals surface area contributed by atoms with Gasteiger partial charge in [-0.05, 0) is 23.6 Å². The summed E-state index contributed by atoms with van der Waals surface area (Å²) in [6.07, 6.45) is -2.37. The average molecular weight is 363 g/mol. The molecule has 0 amide bonds. The van der Waals surface area contributed by atoms with E-state index in [0.29, 0.717) is 22.8 Å². The van der Waals surface area contributed by atoms with Gasteiger partial charge in [-0.3, -0.25) is 0 Å². The van der Waals surface area contributed by atoms with Gasteiger partial charge in [0.05, 0.1) is 24.7 Å². The lowest BCUT2D eigenvalue weighted by Gasteiger charge is -2.13. The summed E-state index contributed by atoms with van der Waals surface area (Å²) in [5.41, 5.74) is 1.50. The molecule has 136 valence electrons. The van der Waals surface area contributed by atoms with Crippen molar-refractivity contribution in [3.63, 3.8) is 0 Å². The van der Waals surface area contributed by atoms with E-state index in [9.17, 15) is 13.2 Å². The molecule has 0 saturated carbocycles. The molecule has 0 aliphatic heterocycles. The molecule has 0 bridgehead atoms. The van der Waals surface area contributed by atoms with Crippen molar-refractivity contribution in [3.8, 4) is 22.8 Å². The van der Waals surface area contributed by atoms with Crippen molar-refractivity contribution in [2.75, 3.05) is 7.11 Å². The molecule has 0 radical (unpaired) electrons. The number of nitrogens with zero attached hydrogens (tertiary/aromatic N) is 5. The van der Waals surface area contributed by atoms with Crippen LogP contribution in [-0.2, 0) is 6.18 Å². The van der Waals surface area contributed by atoms with Crippen LogP contribution in [0.5, 0.6) is 5.88 Å². The molecule has 0 atom stereocenters. The Morgan fingerprint density at radius 2 is 1.88 bits per heavy atom. The maximum atomic E-state index is 12.9. The Labute approximate surface area is 147 Å². The number of ether oxygens (including phenoxy) is 1. The monoisotopic (exact) mass is 363 g/mol. The quantitative estimate of drug-likeness (QED) is 0.704. The Bertz CT molecular complexity index is 921. The maximum Gasteiger partial charge on any atom is 0.436 e. The normalized spacial score (nSPS) is 11.8. The highest BCUT2D eigenvalue weighted by molar-refractivity contribution is 5.71. The average Bonchev–Trinajstić information content (AvgIpc) is 3.11. The fourth-order valence-electron chi connectivity index (χ4n) is 2.43. The van der Waals surface area contributed by atoms with Crippen molar-refractivity contribution in [2.24, 2.45) is 0 Å². The molecular weight excluding hydrogens is 347 g/mol. The standard InChI is InChI=1S/C17H16F3N5O/c1-10(2)11-4-5-14(25-8-15(23-24-25)17(18,19)20)12(6-11)13-7-16(26-3)22-9-21-13/h4-10H,1-3H3. The first-order valence-electron chi connectivity index (χ1n) is 7.80. The minimum absolute atomic E-state index is 0.230. The van der Waals surface area contributed by atoms with Gasteiger partial charge in [0.2, 0.25) is 5.88 Å². The highest BCUT2D eigenvalue weighted by Crippen LogP contribution is 2.32. The van der Waals surface area contributed by atoms with Crippen molar-refractivity contribution < 1.29 is 17.9 Å². The zero-order chi connectivity index (χ0) is 18.9. The Kier molecular flexibility index (Phi) is 4.62. The molecule has 6 nitrogen and oxygen atoms in total. The lowest BCUT2D eigenvalue weighted by Crippen LogP contribution is -2.05. The minimum Gasteiger partial charge on any atom is -0.481 e. The van der Waals surface area contributed by atoms with Gasteiger partial charge in [0, 0.05) is 11.6 Å². The molecule has 0 saturated heterocycles. The summed E-state index contributed by atoms with van der Waals surface area (Å²) >= 11 is 0. The van der Waals surface area contributed by atoms with Gasteiger partial charge in [-0.2, -0.15) is 13.2 Å². The molecular formula is C17H16F3N5O. The predicted octanol–water partition coefficient (Wildman–Crippen LogP) is 3.88. The molecule has 9 heteroatoms. The third kappa shape index (κ3) is 3.51. The number of aromatic nitrogens is 5. The molecule has 2 heterocycles. The molecule has 0 N–H and O–H groups in total. The summed E-state index contributed by atoms with van der Waals surface area (Å²) in [6, 6.07) is 7.03. The summed E-state index contributed by atoms with van der Waals surface area (Å²) in [7, 11) is 1.48. The van der Waals surface area contributed by atoms with Crippen LogP contribution in [0, 0.1) is 0 Å². The number of hydrogen-bond donors (Lipinski definition) is 0. The van der Waals surface area contributed by atoms with Gasteiger partial charge in [-0.25, -0.2) is 14.6 Å². The summed E-state index contributed by atoms with van der Waals surface area (Å²) in [6.45, 7) is 4.05. The van der Waals surface area contributed by atoms with E-state index in [1.54, 1.807) is 12.1 Å². The van der Waals surface area contributed by atoms with Gasteiger partial charge >= 0.3 is 6.18 Å². The third-order valence-electron chi connectivity index (χ3n) is 3.85. The highest BCUT2D eigenvalue weighted by atomic mass is 19.4. The van der Waals surface area contributed by atoms with Gasteiger partial charge < -0.3 is 4.74 Å². The topological polar surface area (TPSA) is 65.7 Å². The van der Waals surface area contributed by atoms with Crippen molar-refractivity contribution in [1.29, 1.82) is 0 Å². The molecule has 2 aromatic heterocycles. The van der Waals surface area contributed by atoms with Crippen LogP contribution in [0.1, 0.15) is 31.0 Å². The first-order chi connectivity index (χ1) is 12.3. The van der Waals surface area contributed by atoms with Crippen molar-refractivity contribution in [3.05, 3.63) is 48.0 Å². The van der Waals surface area contributed by atoms with Gasteiger partial charge in [0.15, 0.2) is 5.69 Å². The van der Waals surface area contributed by atoms with E-state index in [0.717, 1.165) is 16.4 Å². The second kappa shape index (κ2) is 6.74. The van der Waals surface area contributed by atoms with Gasteiger partial charge in [-0.1, -0.05) is 25.1 Å². The van der Waals surface area contributed by atoms with Gasteiger partial charge in [-0.15, -0.1) is 5.10 Å². The zero-order valence-electron chi connectivity index (χ0n) is 14.3. The molecule has 1 aromatic carbocycles. The number of benzene rings is 1. The lowest BCUT2D eigenvalue weighted by molar-refractivity contribution is -0.141. The van der Waals surface area contributed by atoms with E-state index in [2.05, 4.69) is 20.3 Å². The Morgan fingerprint density at radius 3 is 2.50 bits per heavy atom. The summed E-state index contributed by atoms with van der Waals surface area (Å²) in [5.74, 6) is 0.582. The number of rotatable bonds is 4. The number of hydrogen-bond acceptors (Lipinski definition) is 5. The molecule has 3 rings (SSSR count). The summed E-state index contributed by atoms with van der Waals surface area (Å²) in [5, 5.41) is 6.85. The van der Waals surface area contributed by atoms with Crippen molar-refractivity contribution in [1.82, 2.24) is 25.0 Å². The second-order valence-electron chi connectivity index (χ2n) is 5.92. The van der Waals surface area contributed by atoms with E-state index in [-0.39, 0.29) is 5.92 Å². The number of methoxy groups -OCH3 is 1.